The first-order valence-corrected chi connectivity index (χ1v) is 22.3. The van der Waals surface area contributed by atoms with E-state index in [0.29, 0.717) is 165 Å². The van der Waals surface area contributed by atoms with Gasteiger partial charge in [-0.25, -0.2) is 0 Å². The van der Waals surface area contributed by atoms with Crippen molar-refractivity contribution in [3.8, 4) is 11.1 Å². The van der Waals surface area contributed by atoms with Crippen LogP contribution < -0.4 is 0 Å². The SMILES string of the molecule is COCCOCCCC1(CCCOCCOCCOCCOCCOCCOCCOCCOCCOCCOCCOCCOC)c2cc(C)ccc2-c2ccc(C)cc21. The van der Waals surface area contributed by atoms with Crippen LogP contribution in [0.25, 0.3) is 11.1 Å². The van der Waals surface area contributed by atoms with Crippen molar-refractivity contribution in [3.05, 3.63) is 58.7 Å². The number of fused-ring (bicyclic) bond motifs is 3. The summed E-state index contributed by atoms with van der Waals surface area (Å²) in [4.78, 5) is 0. The molecule has 0 saturated carbocycles. The van der Waals surface area contributed by atoms with Crippen molar-refractivity contribution < 1.29 is 66.3 Å². The zero-order valence-corrected chi connectivity index (χ0v) is 37.9. The molecule has 0 saturated heterocycles. The minimum absolute atomic E-state index is 0.0550. The molecule has 2 aromatic carbocycles. The fourth-order valence-corrected chi connectivity index (χ4v) is 7.03. The lowest BCUT2D eigenvalue weighted by molar-refractivity contribution is -0.0280. The normalized spacial score (nSPS) is 13.0. The average Bonchev–Trinajstić information content (AvgIpc) is 3.52. The van der Waals surface area contributed by atoms with Gasteiger partial charge in [0.1, 0.15) is 0 Å². The molecule has 61 heavy (non-hydrogen) atoms. The Morgan fingerprint density at radius 2 is 0.541 bits per heavy atom. The Bertz CT molecular complexity index is 1280. The van der Waals surface area contributed by atoms with Gasteiger partial charge in [-0.2, -0.15) is 0 Å². The second-order valence-corrected chi connectivity index (χ2v) is 14.7. The largest absolute Gasteiger partial charge is 0.382 e. The molecule has 0 N–H and O–H groups in total. The third-order valence-electron chi connectivity index (χ3n) is 10.0. The van der Waals surface area contributed by atoms with E-state index < -0.39 is 0 Å². The molecule has 1 aliphatic carbocycles. The van der Waals surface area contributed by atoms with E-state index in [2.05, 4.69) is 50.2 Å². The number of benzene rings is 2. The van der Waals surface area contributed by atoms with Crippen LogP contribution in [-0.4, -0.2) is 186 Å². The summed E-state index contributed by atoms with van der Waals surface area (Å²) in [5.41, 5.74) is 8.15. The minimum atomic E-state index is -0.0550. The van der Waals surface area contributed by atoms with Gasteiger partial charge in [-0.05, 0) is 61.8 Å². The molecule has 0 unspecified atom stereocenters. The van der Waals surface area contributed by atoms with Crippen molar-refractivity contribution in [1.82, 2.24) is 0 Å². The minimum Gasteiger partial charge on any atom is -0.382 e. The molecule has 14 nitrogen and oxygen atoms in total. The molecule has 0 aromatic heterocycles. The number of rotatable bonds is 44. The molecule has 14 heteroatoms. The van der Waals surface area contributed by atoms with Gasteiger partial charge < -0.3 is 66.3 Å². The molecule has 2 aromatic rings. The highest BCUT2D eigenvalue weighted by atomic mass is 16.6. The lowest BCUT2D eigenvalue weighted by Crippen LogP contribution is -2.27. The van der Waals surface area contributed by atoms with E-state index in [4.69, 9.17) is 66.3 Å². The molecule has 0 atom stereocenters. The van der Waals surface area contributed by atoms with E-state index in [1.807, 2.05) is 0 Å². The fraction of sp³-hybridized carbons (Fsp3) is 0.745. The Labute approximate surface area is 366 Å². The summed E-state index contributed by atoms with van der Waals surface area (Å²) >= 11 is 0. The standard InChI is InChI=1S/C47H78O14/c1-41-7-9-43-44-10-8-42(2)40-46(44)47(45(43)39-41,11-5-13-50-17-15-48-3)12-6-14-51-19-20-53-23-24-55-27-28-57-31-32-59-35-36-61-38-37-60-34-33-58-30-29-56-26-25-54-22-21-52-18-16-49-4/h7-10,39-40H,5-6,11-38H2,1-4H3. The van der Waals surface area contributed by atoms with Gasteiger partial charge in [0, 0.05) is 32.8 Å². The predicted molar refractivity (Wildman–Crippen MR) is 234 cm³/mol. The summed E-state index contributed by atoms with van der Waals surface area (Å²) in [6.45, 7) is 18.6. The van der Waals surface area contributed by atoms with Crippen LogP contribution in [0.4, 0.5) is 0 Å². The number of methoxy groups -OCH3 is 2. The molecule has 3 rings (SSSR count). The zero-order chi connectivity index (χ0) is 43.3. The van der Waals surface area contributed by atoms with E-state index >= 15 is 0 Å². The second-order valence-electron chi connectivity index (χ2n) is 14.7. The summed E-state index contributed by atoms with van der Waals surface area (Å²) in [6, 6.07) is 13.9. The average molecular weight is 867 g/mol. The Morgan fingerprint density at radius 1 is 0.311 bits per heavy atom. The first-order chi connectivity index (χ1) is 30.1. The number of hydrogen-bond donors (Lipinski definition) is 0. The summed E-state index contributed by atoms with van der Waals surface area (Å²) in [7, 11) is 3.36. The Morgan fingerprint density at radius 3 is 0.787 bits per heavy atom. The summed E-state index contributed by atoms with van der Waals surface area (Å²) in [6.07, 6.45) is 4.00. The molecule has 1 aliphatic rings. The number of ether oxygens (including phenoxy) is 14. The summed E-state index contributed by atoms with van der Waals surface area (Å²) in [5.74, 6) is 0. The Hall–Kier alpha value is -2.12. The third-order valence-corrected chi connectivity index (χ3v) is 10.0. The van der Waals surface area contributed by atoms with Crippen LogP contribution in [0.3, 0.4) is 0 Å². The lowest BCUT2D eigenvalue weighted by Gasteiger charge is -2.33. The molecule has 0 spiro atoms. The van der Waals surface area contributed by atoms with Crippen LogP contribution in [0.5, 0.6) is 0 Å². The molecule has 0 aliphatic heterocycles. The van der Waals surface area contributed by atoms with Crippen molar-refractivity contribution in [2.24, 2.45) is 0 Å². The molecule has 0 radical (unpaired) electrons. The van der Waals surface area contributed by atoms with Gasteiger partial charge >= 0.3 is 0 Å². The predicted octanol–water partition coefficient (Wildman–Crippen LogP) is 5.62. The van der Waals surface area contributed by atoms with E-state index in [1.54, 1.807) is 14.2 Å². The smallest absolute Gasteiger partial charge is 0.0701 e. The first-order valence-electron chi connectivity index (χ1n) is 22.3. The van der Waals surface area contributed by atoms with E-state index in [9.17, 15) is 0 Å². The highest BCUT2D eigenvalue weighted by molar-refractivity contribution is 5.81. The molecule has 350 valence electrons. The highest BCUT2D eigenvalue weighted by Crippen LogP contribution is 2.54. The van der Waals surface area contributed by atoms with Crippen LogP contribution in [0.2, 0.25) is 0 Å². The lowest BCUT2D eigenvalue weighted by atomic mass is 9.71. The van der Waals surface area contributed by atoms with Crippen molar-refractivity contribution in [2.45, 2.75) is 44.9 Å². The van der Waals surface area contributed by atoms with Gasteiger partial charge in [0.25, 0.3) is 0 Å². The first kappa shape index (κ1) is 53.2. The molecule has 0 amide bonds. The van der Waals surface area contributed by atoms with Crippen molar-refractivity contribution in [1.29, 1.82) is 0 Å². The molecular weight excluding hydrogens is 789 g/mol. The number of hydrogen-bond acceptors (Lipinski definition) is 14. The van der Waals surface area contributed by atoms with Crippen molar-refractivity contribution in [3.63, 3.8) is 0 Å². The van der Waals surface area contributed by atoms with Gasteiger partial charge in [-0.15, -0.1) is 0 Å². The zero-order valence-electron chi connectivity index (χ0n) is 37.9. The van der Waals surface area contributed by atoms with Gasteiger partial charge in [0.15, 0.2) is 0 Å². The quantitative estimate of drug-likeness (QED) is 0.0765. The fourth-order valence-electron chi connectivity index (χ4n) is 7.03. The Kier molecular flexibility index (Phi) is 31.6. The van der Waals surface area contributed by atoms with Gasteiger partial charge in [0.05, 0.1) is 159 Å². The van der Waals surface area contributed by atoms with E-state index in [0.717, 1.165) is 32.3 Å². The van der Waals surface area contributed by atoms with E-state index in [1.165, 1.54) is 33.4 Å². The number of aryl methyl sites for hydroxylation is 2. The maximum absolute atomic E-state index is 6.03. The topological polar surface area (TPSA) is 129 Å². The van der Waals surface area contributed by atoms with Crippen molar-refractivity contribution >= 4 is 0 Å². The summed E-state index contributed by atoms with van der Waals surface area (Å²) in [5, 5.41) is 0. The van der Waals surface area contributed by atoms with Crippen LogP contribution in [0.15, 0.2) is 36.4 Å². The molecule has 0 bridgehead atoms. The van der Waals surface area contributed by atoms with Crippen LogP contribution >= 0.6 is 0 Å². The highest BCUT2D eigenvalue weighted by Gasteiger charge is 2.42. The maximum Gasteiger partial charge on any atom is 0.0701 e. The summed E-state index contributed by atoms with van der Waals surface area (Å²) < 4.78 is 77.2. The molecular formula is C47H78O14. The second kappa shape index (κ2) is 36.2. The van der Waals surface area contributed by atoms with Crippen LogP contribution in [0, 0.1) is 13.8 Å². The van der Waals surface area contributed by atoms with Crippen LogP contribution in [0.1, 0.15) is 47.9 Å². The third kappa shape index (κ3) is 23.4. The Balaban J connectivity index is 1.07. The maximum atomic E-state index is 6.03. The van der Waals surface area contributed by atoms with E-state index in [-0.39, 0.29) is 5.41 Å². The molecule has 0 heterocycles. The van der Waals surface area contributed by atoms with Gasteiger partial charge in [0.2, 0.25) is 0 Å². The molecule has 0 fully saturated rings. The van der Waals surface area contributed by atoms with Crippen molar-refractivity contribution in [2.75, 3.05) is 186 Å². The van der Waals surface area contributed by atoms with Crippen LogP contribution in [-0.2, 0) is 71.7 Å². The monoisotopic (exact) mass is 867 g/mol. The van der Waals surface area contributed by atoms with Gasteiger partial charge in [-0.3, -0.25) is 0 Å². The van der Waals surface area contributed by atoms with Gasteiger partial charge in [-0.1, -0.05) is 47.5 Å².